The van der Waals surface area contributed by atoms with Crippen molar-refractivity contribution in [2.75, 3.05) is 13.1 Å². The van der Waals surface area contributed by atoms with E-state index in [4.69, 9.17) is 5.11 Å². The second-order valence-electron chi connectivity index (χ2n) is 5.22. The number of aryl methyl sites for hydroxylation is 1. The molecule has 2 rings (SSSR count). The number of carbonyl (C=O) groups excluding carboxylic acids is 1. The Labute approximate surface area is 120 Å². The van der Waals surface area contributed by atoms with Crippen LogP contribution >= 0.6 is 0 Å². The highest BCUT2D eigenvalue weighted by molar-refractivity contribution is 5.96. The lowest BCUT2D eigenvalue weighted by atomic mass is 9.99. The number of carboxylic acid groups (broad SMARTS) is 1. The second-order valence-corrected chi connectivity index (χ2v) is 5.22. The van der Waals surface area contributed by atoms with Gasteiger partial charge in [-0.3, -0.25) is 24.7 Å². The maximum Gasteiger partial charge on any atom is 0.308 e. The molecule has 0 saturated carbocycles. The van der Waals surface area contributed by atoms with Crippen molar-refractivity contribution in [2.45, 2.75) is 13.8 Å². The van der Waals surface area contributed by atoms with Crippen LogP contribution in [0.2, 0.25) is 0 Å². The number of pyridine rings is 1. The number of hydrogen-bond donors (Lipinski definition) is 1. The molecule has 1 aliphatic rings. The van der Waals surface area contributed by atoms with Crippen LogP contribution < -0.4 is 0 Å². The molecule has 0 unspecified atom stereocenters. The fourth-order valence-electron chi connectivity index (χ4n) is 2.46. The molecule has 21 heavy (non-hydrogen) atoms. The van der Waals surface area contributed by atoms with Crippen LogP contribution in [0.4, 0.5) is 5.69 Å². The van der Waals surface area contributed by atoms with E-state index >= 15 is 0 Å². The van der Waals surface area contributed by atoms with Gasteiger partial charge in [-0.15, -0.1) is 0 Å². The molecule has 0 aliphatic carbocycles. The average Bonchev–Trinajstić information content (AvgIpc) is 2.80. The van der Waals surface area contributed by atoms with E-state index in [0.717, 1.165) is 6.20 Å². The third-order valence-electron chi connectivity index (χ3n) is 3.73. The zero-order valence-electron chi connectivity index (χ0n) is 11.6. The summed E-state index contributed by atoms with van der Waals surface area (Å²) in [7, 11) is 0. The van der Waals surface area contributed by atoms with Crippen LogP contribution in [0, 0.1) is 28.9 Å². The molecule has 2 atom stereocenters. The molecular weight excluding hydrogens is 278 g/mol. The third kappa shape index (κ3) is 2.83. The Morgan fingerprint density at radius 1 is 1.48 bits per heavy atom. The van der Waals surface area contributed by atoms with Gasteiger partial charge in [0.15, 0.2) is 0 Å². The number of aromatic nitrogens is 1. The summed E-state index contributed by atoms with van der Waals surface area (Å²) < 4.78 is 0. The Balaban J connectivity index is 2.27. The number of hydrogen-bond acceptors (Lipinski definition) is 5. The number of rotatable bonds is 3. The summed E-state index contributed by atoms with van der Waals surface area (Å²) in [6.07, 6.45) is 1.10. The van der Waals surface area contributed by atoms with Gasteiger partial charge in [0, 0.05) is 19.2 Å². The Hall–Kier alpha value is -2.51. The molecule has 0 aromatic carbocycles. The summed E-state index contributed by atoms with van der Waals surface area (Å²) in [5.41, 5.74) is 0.269. The number of amides is 1. The van der Waals surface area contributed by atoms with Gasteiger partial charge in [-0.2, -0.15) is 0 Å². The Morgan fingerprint density at radius 3 is 2.67 bits per heavy atom. The van der Waals surface area contributed by atoms with Gasteiger partial charge < -0.3 is 10.0 Å². The van der Waals surface area contributed by atoms with Crippen LogP contribution in [0.25, 0.3) is 0 Å². The molecule has 1 aromatic rings. The van der Waals surface area contributed by atoms with E-state index in [0.29, 0.717) is 12.2 Å². The van der Waals surface area contributed by atoms with E-state index in [1.165, 1.54) is 11.0 Å². The molecule has 1 aromatic heterocycles. The minimum atomic E-state index is -0.938. The van der Waals surface area contributed by atoms with Crippen molar-refractivity contribution in [3.8, 4) is 0 Å². The molecule has 8 heteroatoms. The quantitative estimate of drug-likeness (QED) is 0.659. The topological polar surface area (TPSA) is 114 Å². The van der Waals surface area contributed by atoms with E-state index in [-0.39, 0.29) is 23.7 Å². The minimum absolute atomic E-state index is 0.109. The molecule has 1 amide bonds. The van der Waals surface area contributed by atoms with Gasteiger partial charge in [0.05, 0.1) is 22.1 Å². The second kappa shape index (κ2) is 5.47. The molecular formula is C13H15N3O5. The van der Waals surface area contributed by atoms with Crippen molar-refractivity contribution in [1.29, 1.82) is 0 Å². The molecule has 1 fully saturated rings. The highest BCUT2D eigenvalue weighted by Crippen LogP contribution is 2.26. The minimum Gasteiger partial charge on any atom is -0.481 e. The van der Waals surface area contributed by atoms with Crippen LogP contribution in [0.15, 0.2) is 12.3 Å². The molecule has 0 bridgehead atoms. The highest BCUT2D eigenvalue weighted by atomic mass is 16.6. The SMILES string of the molecule is Cc1ncc([N+](=O)[O-])cc1C(=O)N1C[C@@H](C)[C@H](C(=O)O)C1. The van der Waals surface area contributed by atoms with Gasteiger partial charge >= 0.3 is 5.97 Å². The van der Waals surface area contributed by atoms with E-state index in [1.54, 1.807) is 13.8 Å². The van der Waals surface area contributed by atoms with Crippen molar-refractivity contribution in [3.05, 3.63) is 33.6 Å². The maximum atomic E-state index is 12.4. The third-order valence-corrected chi connectivity index (χ3v) is 3.73. The Kier molecular flexibility index (Phi) is 3.88. The first-order chi connectivity index (χ1) is 9.81. The molecule has 0 radical (unpaired) electrons. The number of aliphatic carboxylic acids is 1. The monoisotopic (exact) mass is 293 g/mol. The van der Waals surface area contributed by atoms with Crippen molar-refractivity contribution < 1.29 is 19.6 Å². The van der Waals surface area contributed by atoms with Crippen LogP contribution in [0.1, 0.15) is 23.0 Å². The van der Waals surface area contributed by atoms with E-state index in [1.807, 2.05) is 0 Å². The van der Waals surface area contributed by atoms with Gasteiger partial charge in [0.25, 0.3) is 11.6 Å². The van der Waals surface area contributed by atoms with Gasteiger partial charge in [0.1, 0.15) is 6.20 Å². The first kappa shape index (κ1) is 14.9. The van der Waals surface area contributed by atoms with Gasteiger partial charge in [-0.05, 0) is 12.8 Å². The van der Waals surface area contributed by atoms with Crippen molar-refractivity contribution >= 4 is 17.6 Å². The fraction of sp³-hybridized carbons (Fsp3) is 0.462. The van der Waals surface area contributed by atoms with Crippen LogP contribution in [-0.2, 0) is 4.79 Å². The van der Waals surface area contributed by atoms with Crippen molar-refractivity contribution in [3.63, 3.8) is 0 Å². The maximum absolute atomic E-state index is 12.4. The Bertz CT molecular complexity index is 616. The number of carbonyl (C=O) groups is 2. The zero-order chi connectivity index (χ0) is 15.7. The number of nitrogens with zero attached hydrogens (tertiary/aromatic N) is 3. The number of likely N-dealkylation sites (tertiary alicyclic amines) is 1. The van der Waals surface area contributed by atoms with E-state index in [9.17, 15) is 19.7 Å². The molecule has 0 spiro atoms. The molecule has 112 valence electrons. The van der Waals surface area contributed by atoms with Crippen LogP contribution in [0.3, 0.4) is 0 Å². The summed E-state index contributed by atoms with van der Waals surface area (Å²) >= 11 is 0. The Morgan fingerprint density at radius 2 is 2.14 bits per heavy atom. The van der Waals surface area contributed by atoms with Gasteiger partial charge in [-0.1, -0.05) is 6.92 Å². The van der Waals surface area contributed by atoms with Gasteiger partial charge in [-0.25, -0.2) is 0 Å². The van der Waals surface area contributed by atoms with Crippen LogP contribution in [0.5, 0.6) is 0 Å². The fourth-order valence-corrected chi connectivity index (χ4v) is 2.46. The summed E-state index contributed by atoms with van der Waals surface area (Å²) in [6, 6.07) is 1.18. The van der Waals surface area contributed by atoms with Crippen molar-refractivity contribution in [1.82, 2.24) is 9.88 Å². The van der Waals surface area contributed by atoms with E-state index < -0.39 is 22.7 Å². The molecule has 1 N–H and O–H groups in total. The predicted octanol–water partition coefficient (Wildman–Crippen LogP) is 1.09. The molecule has 2 heterocycles. The van der Waals surface area contributed by atoms with Crippen molar-refractivity contribution in [2.24, 2.45) is 11.8 Å². The normalized spacial score (nSPS) is 21.3. The number of nitro groups is 1. The lowest BCUT2D eigenvalue weighted by molar-refractivity contribution is -0.385. The lowest BCUT2D eigenvalue weighted by Crippen LogP contribution is -2.30. The first-order valence-corrected chi connectivity index (χ1v) is 6.44. The largest absolute Gasteiger partial charge is 0.481 e. The lowest BCUT2D eigenvalue weighted by Gasteiger charge is -2.16. The predicted molar refractivity (Wildman–Crippen MR) is 71.8 cm³/mol. The molecule has 8 nitrogen and oxygen atoms in total. The number of carboxylic acids is 1. The first-order valence-electron chi connectivity index (χ1n) is 6.44. The molecule has 1 aliphatic heterocycles. The average molecular weight is 293 g/mol. The van der Waals surface area contributed by atoms with E-state index in [2.05, 4.69) is 4.98 Å². The molecule has 1 saturated heterocycles. The highest BCUT2D eigenvalue weighted by Gasteiger charge is 2.37. The van der Waals surface area contributed by atoms with Gasteiger partial charge in [0.2, 0.25) is 0 Å². The summed E-state index contributed by atoms with van der Waals surface area (Å²) in [5.74, 6) is -2.12. The summed E-state index contributed by atoms with van der Waals surface area (Å²) in [5, 5.41) is 19.9. The van der Waals surface area contributed by atoms with Crippen LogP contribution in [-0.4, -0.2) is 44.9 Å². The summed E-state index contributed by atoms with van der Waals surface area (Å²) in [4.78, 5) is 38.9. The smallest absolute Gasteiger partial charge is 0.308 e. The summed E-state index contributed by atoms with van der Waals surface area (Å²) in [6.45, 7) is 3.78. The zero-order valence-corrected chi connectivity index (χ0v) is 11.6. The standard InChI is InChI=1S/C13H15N3O5/c1-7-5-15(6-11(7)13(18)19)12(17)10-3-9(16(20)21)4-14-8(10)2/h3-4,7,11H,5-6H2,1-2H3,(H,18,19)/t7-,11-/m1/s1.